The molecule has 2 aromatic carbocycles. The van der Waals surface area contributed by atoms with Gasteiger partial charge in [0.15, 0.2) is 5.58 Å². The van der Waals surface area contributed by atoms with Crippen molar-refractivity contribution < 1.29 is 12.9 Å². The smallest absolute Gasteiger partial charge is 0.206 e. The van der Waals surface area contributed by atoms with Crippen molar-refractivity contribution in [2.45, 2.75) is 16.7 Å². The van der Waals surface area contributed by atoms with Gasteiger partial charge in [0.2, 0.25) is 9.84 Å². The van der Waals surface area contributed by atoms with Crippen LogP contribution in [-0.4, -0.2) is 13.6 Å². The maximum absolute atomic E-state index is 12.4. The van der Waals surface area contributed by atoms with E-state index in [0.717, 1.165) is 11.1 Å². The van der Waals surface area contributed by atoms with E-state index in [1.54, 1.807) is 42.5 Å². The Bertz CT molecular complexity index is 836. The molecule has 0 saturated heterocycles. The van der Waals surface area contributed by atoms with Crippen LogP contribution in [0.15, 0.2) is 62.8 Å². The van der Waals surface area contributed by atoms with E-state index in [1.807, 2.05) is 6.92 Å². The van der Waals surface area contributed by atoms with Gasteiger partial charge in [0, 0.05) is 11.5 Å². The van der Waals surface area contributed by atoms with Crippen LogP contribution in [0.4, 0.5) is 0 Å². The van der Waals surface area contributed by atoms with E-state index in [4.69, 9.17) is 4.52 Å². The number of nitrogens with zero attached hydrogens (tertiary/aromatic N) is 1. The Balaban J connectivity index is 2.19. The summed E-state index contributed by atoms with van der Waals surface area (Å²) in [6, 6.07) is 13.1. The molecule has 0 spiro atoms. The molecule has 0 bridgehead atoms. The van der Waals surface area contributed by atoms with Gasteiger partial charge in [-0.1, -0.05) is 23.4 Å². The number of sulfone groups is 1. The molecule has 0 fully saturated rings. The van der Waals surface area contributed by atoms with E-state index in [1.165, 1.54) is 6.07 Å². The lowest BCUT2D eigenvalue weighted by atomic mass is 10.2. The largest absolute Gasteiger partial charge is 0.356 e. The summed E-state index contributed by atoms with van der Waals surface area (Å²) < 4.78 is 30.0. The van der Waals surface area contributed by atoms with Crippen molar-refractivity contribution in [1.82, 2.24) is 5.16 Å². The summed E-state index contributed by atoms with van der Waals surface area (Å²) in [6.07, 6.45) is 0. The Kier molecular flexibility index (Phi) is 2.64. The zero-order valence-electron chi connectivity index (χ0n) is 10.2. The minimum atomic E-state index is -3.51. The van der Waals surface area contributed by atoms with E-state index >= 15 is 0 Å². The lowest BCUT2D eigenvalue weighted by molar-refractivity contribution is 0.450. The molecule has 19 heavy (non-hydrogen) atoms. The first-order valence-electron chi connectivity index (χ1n) is 5.75. The Labute approximate surface area is 110 Å². The fourth-order valence-corrected chi connectivity index (χ4v) is 3.24. The van der Waals surface area contributed by atoms with Gasteiger partial charge in [-0.15, -0.1) is 0 Å². The molecule has 0 radical (unpaired) electrons. The van der Waals surface area contributed by atoms with Crippen LogP contribution in [0.2, 0.25) is 0 Å². The third-order valence-electron chi connectivity index (χ3n) is 2.99. The van der Waals surface area contributed by atoms with Crippen LogP contribution in [0.1, 0.15) is 5.69 Å². The molecule has 0 unspecified atom stereocenters. The highest BCUT2D eigenvalue weighted by Crippen LogP contribution is 2.25. The molecule has 3 aromatic rings. The topological polar surface area (TPSA) is 60.2 Å². The predicted octanol–water partition coefficient (Wildman–Crippen LogP) is 2.97. The molecular weight excluding hydrogens is 262 g/mol. The van der Waals surface area contributed by atoms with Crippen molar-refractivity contribution >= 4 is 20.8 Å². The summed E-state index contributed by atoms with van der Waals surface area (Å²) in [5, 5.41) is 4.65. The van der Waals surface area contributed by atoms with Crippen LogP contribution in [0.25, 0.3) is 11.0 Å². The average molecular weight is 273 g/mol. The summed E-state index contributed by atoms with van der Waals surface area (Å²) in [7, 11) is -3.51. The van der Waals surface area contributed by atoms with Crippen LogP contribution in [-0.2, 0) is 9.84 Å². The summed E-state index contributed by atoms with van der Waals surface area (Å²) >= 11 is 0. The molecule has 0 atom stereocenters. The number of rotatable bonds is 2. The van der Waals surface area contributed by atoms with Gasteiger partial charge >= 0.3 is 0 Å². The molecule has 0 aliphatic heterocycles. The van der Waals surface area contributed by atoms with Crippen LogP contribution < -0.4 is 0 Å². The molecule has 1 aromatic heterocycles. The number of benzene rings is 2. The minimum absolute atomic E-state index is 0.211. The molecule has 0 aliphatic rings. The fourth-order valence-electron chi connectivity index (χ4n) is 1.95. The Morgan fingerprint density at radius 1 is 1.00 bits per heavy atom. The molecule has 3 rings (SSSR count). The van der Waals surface area contributed by atoms with Crippen molar-refractivity contribution in [2.75, 3.05) is 0 Å². The third-order valence-corrected chi connectivity index (χ3v) is 4.75. The van der Waals surface area contributed by atoms with Gasteiger partial charge in [0.25, 0.3) is 0 Å². The van der Waals surface area contributed by atoms with Gasteiger partial charge < -0.3 is 4.52 Å². The molecule has 5 heteroatoms. The van der Waals surface area contributed by atoms with Crippen LogP contribution in [0.3, 0.4) is 0 Å². The Hall–Kier alpha value is -2.14. The van der Waals surface area contributed by atoms with Crippen LogP contribution in [0, 0.1) is 6.92 Å². The third kappa shape index (κ3) is 1.92. The van der Waals surface area contributed by atoms with E-state index in [-0.39, 0.29) is 9.79 Å². The zero-order valence-corrected chi connectivity index (χ0v) is 11.0. The second-order valence-electron chi connectivity index (χ2n) is 4.24. The van der Waals surface area contributed by atoms with Crippen LogP contribution in [0.5, 0.6) is 0 Å². The van der Waals surface area contributed by atoms with E-state index < -0.39 is 9.84 Å². The van der Waals surface area contributed by atoms with Gasteiger partial charge in [-0.2, -0.15) is 0 Å². The lowest BCUT2D eigenvalue weighted by Crippen LogP contribution is -2.01. The highest BCUT2D eigenvalue weighted by atomic mass is 32.2. The first-order valence-corrected chi connectivity index (χ1v) is 7.23. The number of fused-ring (bicyclic) bond motifs is 1. The number of hydrogen-bond acceptors (Lipinski definition) is 4. The van der Waals surface area contributed by atoms with Gasteiger partial charge in [0.1, 0.15) is 0 Å². The van der Waals surface area contributed by atoms with Crippen molar-refractivity contribution in [3.8, 4) is 0 Å². The first-order chi connectivity index (χ1) is 9.09. The number of aryl methyl sites for hydroxylation is 1. The molecule has 0 amide bonds. The monoisotopic (exact) mass is 273 g/mol. The summed E-state index contributed by atoms with van der Waals surface area (Å²) in [5.41, 5.74) is 1.23. The van der Waals surface area contributed by atoms with Crippen molar-refractivity contribution in [3.05, 3.63) is 54.2 Å². The van der Waals surface area contributed by atoms with Crippen molar-refractivity contribution in [2.24, 2.45) is 0 Å². The molecule has 1 heterocycles. The lowest BCUT2D eigenvalue weighted by Gasteiger charge is -2.03. The Morgan fingerprint density at radius 2 is 1.74 bits per heavy atom. The quantitative estimate of drug-likeness (QED) is 0.720. The summed E-state index contributed by atoms with van der Waals surface area (Å²) in [4.78, 5) is 0.480. The number of hydrogen-bond donors (Lipinski definition) is 0. The average Bonchev–Trinajstić information content (AvgIpc) is 2.81. The molecule has 96 valence electrons. The standard InChI is InChI=1S/C14H11NO3S/c1-10-13-8-7-12(9-14(13)18-15-10)19(16,17)11-5-3-2-4-6-11/h2-9H,1H3. The minimum Gasteiger partial charge on any atom is -0.356 e. The SMILES string of the molecule is Cc1noc2cc(S(=O)(=O)c3ccccc3)ccc12. The van der Waals surface area contributed by atoms with Gasteiger partial charge in [-0.25, -0.2) is 8.42 Å². The van der Waals surface area contributed by atoms with Crippen molar-refractivity contribution in [1.29, 1.82) is 0 Å². The fraction of sp³-hybridized carbons (Fsp3) is 0.0714. The van der Waals surface area contributed by atoms with E-state index in [2.05, 4.69) is 5.16 Å². The Morgan fingerprint density at radius 3 is 2.47 bits per heavy atom. The van der Waals surface area contributed by atoms with E-state index in [9.17, 15) is 8.42 Å². The molecule has 0 aliphatic carbocycles. The maximum Gasteiger partial charge on any atom is 0.206 e. The normalized spacial score (nSPS) is 11.8. The van der Waals surface area contributed by atoms with Crippen molar-refractivity contribution in [3.63, 3.8) is 0 Å². The molecule has 0 saturated carbocycles. The molecule has 4 nitrogen and oxygen atoms in total. The summed E-state index contributed by atoms with van der Waals surface area (Å²) in [6.45, 7) is 1.82. The summed E-state index contributed by atoms with van der Waals surface area (Å²) in [5.74, 6) is 0. The highest BCUT2D eigenvalue weighted by molar-refractivity contribution is 7.91. The number of aromatic nitrogens is 1. The van der Waals surface area contributed by atoms with Crippen LogP contribution >= 0.6 is 0 Å². The maximum atomic E-state index is 12.4. The zero-order chi connectivity index (χ0) is 13.5. The van der Waals surface area contributed by atoms with Gasteiger partial charge in [0.05, 0.1) is 15.5 Å². The first kappa shape index (κ1) is 11.9. The second kappa shape index (κ2) is 4.20. The molecular formula is C14H11NO3S. The predicted molar refractivity (Wildman–Crippen MR) is 70.6 cm³/mol. The van der Waals surface area contributed by atoms with Gasteiger partial charge in [-0.3, -0.25) is 0 Å². The molecule has 0 N–H and O–H groups in total. The van der Waals surface area contributed by atoms with E-state index in [0.29, 0.717) is 5.58 Å². The highest BCUT2D eigenvalue weighted by Gasteiger charge is 2.18. The van der Waals surface area contributed by atoms with Gasteiger partial charge in [-0.05, 0) is 31.2 Å². The second-order valence-corrected chi connectivity index (χ2v) is 6.19.